The Morgan fingerprint density at radius 3 is 2.38 bits per heavy atom. The predicted octanol–water partition coefficient (Wildman–Crippen LogP) is 3.46. The van der Waals surface area contributed by atoms with Gasteiger partial charge in [0.2, 0.25) is 0 Å². The Labute approximate surface area is 126 Å². The molecule has 4 nitrogen and oxygen atoms in total. The van der Waals surface area contributed by atoms with E-state index >= 15 is 0 Å². The van der Waals surface area contributed by atoms with Gasteiger partial charge in [0.05, 0.1) is 10.6 Å². The lowest BCUT2D eigenvalue weighted by atomic mass is 10.1. The van der Waals surface area contributed by atoms with E-state index in [9.17, 15) is 18.0 Å². The third-order valence-electron chi connectivity index (χ3n) is 2.34. The summed E-state index contributed by atoms with van der Waals surface area (Å²) in [4.78, 5) is 11.5. The maximum atomic E-state index is 12.7. The first-order valence-electron chi connectivity index (χ1n) is 6.16. The van der Waals surface area contributed by atoms with Crippen LogP contribution in [0, 0.1) is 0 Å². The molecule has 1 aromatic carbocycles. The summed E-state index contributed by atoms with van der Waals surface area (Å²) < 4.78 is 38.1. The number of nitrogens with one attached hydrogen (secondary N) is 3. The third kappa shape index (κ3) is 6.22. The van der Waals surface area contributed by atoms with Gasteiger partial charge in [-0.25, -0.2) is 10.2 Å². The predicted molar refractivity (Wildman–Crippen MR) is 74.7 cm³/mol. The van der Waals surface area contributed by atoms with Crippen LogP contribution in [0.15, 0.2) is 18.2 Å². The lowest BCUT2D eigenvalue weighted by Gasteiger charge is -2.21. The van der Waals surface area contributed by atoms with Crippen molar-refractivity contribution in [1.29, 1.82) is 0 Å². The number of carbonyl (C=O) groups excluding carboxylic acids is 1. The molecule has 0 radical (unpaired) electrons. The van der Waals surface area contributed by atoms with Gasteiger partial charge in [-0.05, 0) is 38.5 Å². The van der Waals surface area contributed by atoms with E-state index in [0.29, 0.717) is 5.56 Å². The van der Waals surface area contributed by atoms with Gasteiger partial charge >= 0.3 is 12.2 Å². The highest BCUT2D eigenvalue weighted by Gasteiger charge is 2.33. The molecule has 2 amide bonds. The Morgan fingerprint density at radius 2 is 1.86 bits per heavy atom. The Hall–Kier alpha value is -1.47. The van der Waals surface area contributed by atoms with Crippen molar-refractivity contribution in [2.24, 2.45) is 0 Å². The molecule has 1 aromatic rings. The molecule has 1 rings (SSSR count). The van der Waals surface area contributed by atoms with Gasteiger partial charge in [0, 0.05) is 12.1 Å². The molecule has 0 bridgehead atoms. The van der Waals surface area contributed by atoms with Crippen LogP contribution < -0.4 is 16.2 Å². The van der Waals surface area contributed by atoms with Gasteiger partial charge in [-0.2, -0.15) is 13.2 Å². The number of hydrazine groups is 1. The normalized spacial score (nSPS) is 12.1. The van der Waals surface area contributed by atoms with Gasteiger partial charge in [-0.1, -0.05) is 17.7 Å². The fourth-order valence-electron chi connectivity index (χ4n) is 1.37. The van der Waals surface area contributed by atoms with Crippen LogP contribution in [0.4, 0.5) is 18.0 Å². The number of benzene rings is 1. The average Bonchev–Trinajstić information content (AvgIpc) is 2.33. The molecule has 3 N–H and O–H groups in total. The van der Waals surface area contributed by atoms with Crippen LogP contribution in [0.25, 0.3) is 0 Å². The highest BCUT2D eigenvalue weighted by Crippen LogP contribution is 2.35. The number of hydrogen-bond donors (Lipinski definition) is 3. The van der Waals surface area contributed by atoms with Crippen LogP contribution in [0.2, 0.25) is 5.02 Å². The van der Waals surface area contributed by atoms with Crippen molar-refractivity contribution in [3.8, 4) is 0 Å². The summed E-state index contributed by atoms with van der Waals surface area (Å²) in [6, 6.07) is 2.97. The van der Waals surface area contributed by atoms with Gasteiger partial charge in [-0.15, -0.1) is 0 Å². The summed E-state index contributed by atoms with van der Waals surface area (Å²) in [5.74, 6) is 0. The molecular weight excluding hydrogens is 307 g/mol. The Bertz CT molecular complexity index is 512. The van der Waals surface area contributed by atoms with Crippen LogP contribution >= 0.6 is 11.6 Å². The van der Waals surface area contributed by atoms with Crippen molar-refractivity contribution < 1.29 is 18.0 Å². The van der Waals surface area contributed by atoms with E-state index in [1.54, 1.807) is 0 Å². The molecule has 8 heteroatoms. The smallest absolute Gasteiger partial charge is 0.333 e. The lowest BCUT2D eigenvalue weighted by Crippen LogP contribution is -2.52. The van der Waals surface area contributed by atoms with Gasteiger partial charge in [0.1, 0.15) is 0 Å². The van der Waals surface area contributed by atoms with Crippen molar-refractivity contribution in [2.45, 2.75) is 39.0 Å². The number of hydrogen-bond acceptors (Lipinski definition) is 2. The van der Waals surface area contributed by atoms with Crippen molar-refractivity contribution in [3.63, 3.8) is 0 Å². The summed E-state index contributed by atoms with van der Waals surface area (Å²) in [6.45, 7) is 5.50. The van der Waals surface area contributed by atoms with Crippen molar-refractivity contribution in [2.75, 3.05) is 0 Å². The molecule has 0 aliphatic carbocycles. The third-order valence-corrected chi connectivity index (χ3v) is 2.67. The van der Waals surface area contributed by atoms with Crippen LogP contribution in [-0.4, -0.2) is 11.6 Å². The van der Waals surface area contributed by atoms with E-state index in [1.807, 2.05) is 20.8 Å². The van der Waals surface area contributed by atoms with Gasteiger partial charge in [0.15, 0.2) is 0 Å². The number of halogens is 4. The topological polar surface area (TPSA) is 53.2 Å². The number of rotatable bonds is 3. The molecule has 0 spiro atoms. The summed E-state index contributed by atoms with van der Waals surface area (Å²) in [6.07, 6.45) is -4.52. The second-order valence-corrected chi connectivity index (χ2v) is 5.90. The van der Waals surface area contributed by atoms with Crippen LogP contribution in [-0.2, 0) is 12.7 Å². The highest BCUT2D eigenvalue weighted by atomic mass is 35.5. The maximum Gasteiger partial charge on any atom is 0.417 e. The molecule has 118 valence electrons. The minimum Gasteiger partial charge on any atom is -0.333 e. The fraction of sp³-hybridized carbons (Fsp3) is 0.462. The first-order valence-corrected chi connectivity index (χ1v) is 6.53. The second-order valence-electron chi connectivity index (χ2n) is 5.49. The first kappa shape index (κ1) is 17.6. The van der Waals surface area contributed by atoms with E-state index in [4.69, 9.17) is 11.6 Å². The van der Waals surface area contributed by atoms with E-state index in [0.717, 1.165) is 12.1 Å². The Balaban J connectivity index is 2.62. The highest BCUT2D eigenvalue weighted by molar-refractivity contribution is 6.31. The zero-order valence-electron chi connectivity index (χ0n) is 11.9. The second kappa shape index (κ2) is 6.53. The van der Waals surface area contributed by atoms with E-state index in [1.165, 1.54) is 6.07 Å². The maximum absolute atomic E-state index is 12.7. The quantitative estimate of drug-likeness (QED) is 0.746. The minimum absolute atomic E-state index is 0.0437. The van der Waals surface area contributed by atoms with E-state index < -0.39 is 17.8 Å². The summed E-state index contributed by atoms with van der Waals surface area (Å²) >= 11 is 5.51. The summed E-state index contributed by atoms with van der Waals surface area (Å²) in [7, 11) is 0. The molecule has 0 atom stereocenters. The molecule has 0 unspecified atom stereocenters. The molecule has 0 aliphatic heterocycles. The van der Waals surface area contributed by atoms with Gasteiger partial charge in [-0.3, -0.25) is 5.43 Å². The number of carbonyl (C=O) groups is 1. The largest absolute Gasteiger partial charge is 0.417 e. The molecule has 0 heterocycles. The van der Waals surface area contributed by atoms with Crippen molar-refractivity contribution in [1.82, 2.24) is 16.2 Å². The lowest BCUT2D eigenvalue weighted by molar-refractivity contribution is -0.137. The average molecular weight is 324 g/mol. The molecule has 0 aliphatic rings. The Morgan fingerprint density at radius 1 is 1.24 bits per heavy atom. The molecule has 0 fully saturated rings. The van der Waals surface area contributed by atoms with Crippen LogP contribution in [0.5, 0.6) is 0 Å². The van der Waals surface area contributed by atoms with Crippen molar-refractivity contribution >= 4 is 17.6 Å². The molecule has 0 saturated heterocycles. The number of urea groups is 1. The molecule has 0 aromatic heterocycles. The molecule has 21 heavy (non-hydrogen) atoms. The summed E-state index contributed by atoms with van der Waals surface area (Å²) in [5.41, 5.74) is 4.21. The molecular formula is C13H17ClF3N3O. The van der Waals surface area contributed by atoms with Gasteiger partial charge in [0.25, 0.3) is 0 Å². The van der Waals surface area contributed by atoms with Crippen LogP contribution in [0.3, 0.4) is 0 Å². The van der Waals surface area contributed by atoms with Crippen LogP contribution in [0.1, 0.15) is 31.9 Å². The number of amides is 2. The monoisotopic (exact) mass is 323 g/mol. The van der Waals surface area contributed by atoms with Crippen molar-refractivity contribution in [3.05, 3.63) is 34.3 Å². The zero-order chi connectivity index (χ0) is 16.3. The SMILES string of the molecule is CC(C)(C)NNC(=O)NCc1ccc(Cl)c(C(F)(F)F)c1. The molecule has 0 saturated carbocycles. The first-order chi connectivity index (χ1) is 9.49. The standard InChI is InChI=1S/C13H17ClF3N3O/c1-12(2,3)20-19-11(21)18-7-8-4-5-10(14)9(6-8)13(15,16)17/h4-6,20H,7H2,1-3H3,(H2,18,19,21). The fourth-order valence-corrected chi connectivity index (χ4v) is 1.60. The number of alkyl halides is 3. The Kier molecular flexibility index (Phi) is 5.47. The van der Waals surface area contributed by atoms with Gasteiger partial charge < -0.3 is 5.32 Å². The minimum atomic E-state index is -4.52. The van der Waals surface area contributed by atoms with E-state index in [-0.39, 0.29) is 17.1 Å². The van der Waals surface area contributed by atoms with E-state index in [2.05, 4.69) is 16.2 Å². The summed E-state index contributed by atoms with van der Waals surface area (Å²) in [5, 5.41) is 2.08. The zero-order valence-corrected chi connectivity index (χ0v) is 12.6.